The molecule has 1 aromatic heterocycles. The average molecular weight is 509 g/mol. The largest absolute Gasteiger partial charge is 0.493 e. The third-order valence-corrected chi connectivity index (χ3v) is 5.70. The maximum atomic E-state index is 12.2. The van der Waals surface area contributed by atoms with E-state index in [9.17, 15) is 9.59 Å². The van der Waals surface area contributed by atoms with Gasteiger partial charge in [-0.05, 0) is 76.4 Å². The van der Waals surface area contributed by atoms with Crippen LogP contribution in [-0.2, 0) is 28.8 Å². The van der Waals surface area contributed by atoms with Crippen LogP contribution in [0.1, 0.15) is 56.7 Å². The molecule has 0 aliphatic carbocycles. The highest BCUT2D eigenvalue weighted by atomic mass is 16.6. The number of alkyl carbamates (subject to hydrolysis) is 1. The highest BCUT2D eigenvalue weighted by molar-refractivity contribution is 5.68. The number of carboxylic acids is 1. The van der Waals surface area contributed by atoms with Gasteiger partial charge in [0.05, 0.1) is 12.3 Å². The molecule has 2 aromatic carbocycles. The first-order chi connectivity index (χ1) is 17.5. The molecule has 0 saturated heterocycles. The predicted octanol–water partition coefficient (Wildman–Crippen LogP) is 5.74. The molecule has 8 heteroatoms. The Bertz CT molecular complexity index is 1200. The first-order valence-corrected chi connectivity index (χ1v) is 12.5. The lowest BCUT2D eigenvalue weighted by molar-refractivity contribution is -0.136. The van der Waals surface area contributed by atoms with E-state index in [0.29, 0.717) is 37.5 Å². The van der Waals surface area contributed by atoms with Crippen molar-refractivity contribution in [3.8, 4) is 17.2 Å². The van der Waals surface area contributed by atoms with Crippen molar-refractivity contribution in [3.05, 3.63) is 71.1 Å². The highest BCUT2D eigenvalue weighted by Gasteiger charge is 2.25. The molecule has 0 spiro atoms. The fraction of sp³-hybridized carbons (Fsp3) is 0.414. The number of oxazole rings is 1. The maximum absolute atomic E-state index is 12.2. The Hall–Kier alpha value is -3.81. The topological polar surface area (TPSA) is 111 Å². The van der Waals surface area contributed by atoms with Gasteiger partial charge < -0.3 is 24.3 Å². The van der Waals surface area contributed by atoms with Crippen LogP contribution in [0, 0.1) is 6.92 Å². The third kappa shape index (κ3) is 8.66. The lowest BCUT2D eigenvalue weighted by Crippen LogP contribution is -2.39. The SMILES string of the molecule is Cc1oc(-c2ccccc2)nc1CCOc1ccc(CCC(=O)O)c(CC(C)(C)OC(=O)NC(C)C)c1. The first kappa shape index (κ1) is 27.8. The van der Waals surface area contributed by atoms with Crippen LogP contribution in [0.2, 0.25) is 0 Å². The van der Waals surface area contributed by atoms with Gasteiger partial charge in [-0.3, -0.25) is 4.79 Å². The second-order valence-corrected chi connectivity index (χ2v) is 9.94. The molecule has 1 heterocycles. The summed E-state index contributed by atoms with van der Waals surface area (Å²) in [6.07, 6.45) is 0.879. The fourth-order valence-corrected chi connectivity index (χ4v) is 3.98. The van der Waals surface area contributed by atoms with E-state index in [-0.39, 0.29) is 12.5 Å². The van der Waals surface area contributed by atoms with Crippen molar-refractivity contribution in [1.29, 1.82) is 0 Å². The predicted molar refractivity (Wildman–Crippen MR) is 141 cm³/mol. The van der Waals surface area contributed by atoms with Gasteiger partial charge in [0, 0.05) is 30.9 Å². The molecule has 0 fully saturated rings. The molecule has 2 N–H and O–H groups in total. The number of carboxylic acid groups (broad SMARTS) is 1. The summed E-state index contributed by atoms with van der Waals surface area (Å²) in [6, 6.07) is 15.3. The van der Waals surface area contributed by atoms with E-state index in [4.69, 9.17) is 19.0 Å². The summed E-state index contributed by atoms with van der Waals surface area (Å²) in [5, 5.41) is 11.9. The average Bonchev–Trinajstić information content (AvgIpc) is 3.18. The minimum absolute atomic E-state index is 0.0114. The quantitative estimate of drug-likeness (QED) is 0.321. The third-order valence-electron chi connectivity index (χ3n) is 5.70. The number of aryl methyl sites for hydroxylation is 2. The van der Waals surface area contributed by atoms with Crippen molar-refractivity contribution in [2.75, 3.05) is 6.61 Å². The molecule has 198 valence electrons. The Morgan fingerprint density at radius 2 is 1.81 bits per heavy atom. The van der Waals surface area contributed by atoms with Gasteiger partial charge in [0.15, 0.2) is 0 Å². The Kier molecular flexibility index (Phi) is 9.33. The lowest BCUT2D eigenvalue weighted by Gasteiger charge is -2.27. The summed E-state index contributed by atoms with van der Waals surface area (Å²) >= 11 is 0. The van der Waals surface area contributed by atoms with E-state index in [0.717, 1.165) is 28.1 Å². The number of benzene rings is 2. The van der Waals surface area contributed by atoms with Crippen LogP contribution in [0.3, 0.4) is 0 Å². The Morgan fingerprint density at radius 3 is 2.49 bits per heavy atom. The summed E-state index contributed by atoms with van der Waals surface area (Å²) in [4.78, 5) is 28.0. The lowest BCUT2D eigenvalue weighted by atomic mass is 9.92. The molecule has 0 atom stereocenters. The van der Waals surface area contributed by atoms with Gasteiger partial charge in [0.25, 0.3) is 0 Å². The number of ether oxygens (including phenoxy) is 2. The second-order valence-electron chi connectivity index (χ2n) is 9.94. The summed E-state index contributed by atoms with van der Waals surface area (Å²) in [7, 11) is 0. The summed E-state index contributed by atoms with van der Waals surface area (Å²) in [6.45, 7) is 9.68. The number of hydrogen-bond donors (Lipinski definition) is 2. The van der Waals surface area contributed by atoms with E-state index >= 15 is 0 Å². The molecule has 0 aliphatic heterocycles. The number of rotatable bonds is 12. The van der Waals surface area contributed by atoms with Gasteiger partial charge in [0.2, 0.25) is 5.89 Å². The fourth-order valence-electron chi connectivity index (χ4n) is 3.98. The van der Waals surface area contributed by atoms with Gasteiger partial charge in [-0.25, -0.2) is 9.78 Å². The van der Waals surface area contributed by atoms with Crippen LogP contribution in [0.15, 0.2) is 52.9 Å². The van der Waals surface area contributed by atoms with E-state index in [1.807, 2.05) is 83.1 Å². The zero-order chi connectivity index (χ0) is 27.0. The van der Waals surface area contributed by atoms with Crippen LogP contribution < -0.4 is 10.1 Å². The molecule has 3 aromatic rings. The van der Waals surface area contributed by atoms with Gasteiger partial charge >= 0.3 is 12.1 Å². The zero-order valence-electron chi connectivity index (χ0n) is 22.2. The number of amides is 1. The van der Waals surface area contributed by atoms with Gasteiger partial charge in [-0.1, -0.05) is 24.3 Å². The van der Waals surface area contributed by atoms with Gasteiger partial charge in [0.1, 0.15) is 17.1 Å². The van der Waals surface area contributed by atoms with Crippen molar-refractivity contribution in [2.24, 2.45) is 0 Å². The van der Waals surface area contributed by atoms with Crippen LogP contribution in [0.4, 0.5) is 4.79 Å². The number of carbonyl (C=O) groups is 2. The minimum Gasteiger partial charge on any atom is -0.493 e. The standard InChI is InChI=1S/C29H36N2O6/c1-19(2)30-28(34)37-29(4,5)18-23-17-24(13-11-21(23)12-14-26(32)33)35-16-15-25-20(3)36-27(31-25)22-9-7-6-8-10-22/h6-11,13,17,19H,12,14-16,18H2,1-5H3,(H,30,34)(H,32,33). The number of hydrogen-bond acceptors (Lipinski definition) is 6. The maximum Gasteiger partial charge on any atom is 0.407 e. The van der Waals surface area contributed by atoms with E-state index < -0.39 is 17.7 Å². The van der Waals surface area contributed by atoms with Crippen LogP contribution in [0.5, 0.6) is 5.75 Å². The molecule has 3 rings (SSSR count). The van der Waals surface area contributed by atoms with Crippen LogP contribution in [-0.4, -0.2) is 40.4 Å². The smallest absolute Gasteiger partial charge is 0.407 e. The molecular weight excluding hydrogens is 472 g/mol. The Labute approximate surface area is 218 Å². The van der Waals surface area contributed by atoms with Crippen molar-refractivity contribution in [2.45, 2.75) is 71.9 Å². The Balaban J connectivity index is 1.69. The minimum atomic E-state index is -0.865. The molecule has 0 saturated carbocycles. The number of nitrogens with one attached hydrogen (secondary N) is 1. The zero-order valence-corrected chi connectivity index (χ0v) is 22.2. The number of aromatic nitrogens is 1. The van der Waals surface area contributed by atoms with E-state index in [1.165, 1.54) is 0 Å². The summed E-state index contributed by atoms with van der Waals surface area (Å²) in [5.41, 5.74) is 2.72. The highest BCUT2D eigenvalue weighted by Crippen LogP contribution is 2.26. The van der Waals surface area contributed by atoms with Crippen molar-refractivity contribution in [1.82, 2.24) is 10.3 Å². The van der Waals surface area contributed by atoms with Crippen LogP contribution in [0.25, 0.3) is 11.5 Å². The molecule has 0 radical (unpaired) electrons. The number of carbonyl (C=O) groups excluding carboxylic acids is 1. The molecule has 8 nitrogen and oxygen atoms in total. The number of nitrogens with zero attached hydrogens (tertiary/aromatic N) is 1. The summed E-state index contributed by atoms with van der Waals surface area (Å²) in [5.74, 6) is 1.13. The molecule has 0 bridgehead atoms. The second kappa shape index (κ2) is 12.4. The molecule has 0 unspecified atom stereocenters. The van der Waals surface area contributed by atoms with Gasteiger partial charge in [-0.15, -0.1) is 0 Å². The molecule has 1 amide bonds. The van der Waals surface area contributed by atoms with E-state index in [1.54, 1.807) is 0 Å². The van der Waals surface area contributed by atoms with Crippen molar-refractivity contribution >= 4 is 12.1 Å². The number of aliphatic carboxylic acids is 1. The normalized spacial score (nSPS) is 11.4. The first-order valence-electron chi connectivity index (χ1n) is 12.5. The van der Waals surface area contributed by atoms with Crippen molar-refractivity contribution < 1.29 is 28.6 Å². The van der Waals surface area contributed by atoms with Gasteiger partial charge in [-0.2, -0.15) is 0 Å². The van der Waals surface area contributed by atoms with Crippen LogP contribution >= 0.6 is 0 Å². The molecule has 0 aliphatic rings. The molecule has 37 heavy (non-hydrogen) atoms. The van der Waals surface area contributed by atoms with E-state index in [2.05, 4.69) is 10.3 Å². The molecular formula is C29H36N2O6. The van der Waals surface area contributed by atoms with Crippen molar-refractivity contribution in [3.63, 3.8) is 0 Å². The monoisotopic (exact) mass is 508 g/mol. The summed E-state index contributed by atoms with van der Waals surface area (Å²) < 4.78 is 17.5. The Morgan fingerprint density at radius 1 is 1.08 bits per heavy atom.